The summed E-state index contributed by atoms with van der Waals surface area (Å²) in [7, 11) is 1.56. The Balaban J connectivity index is 1.82. The summed E-state index contributed by atoms with van der Waals surface area (Å²) in [6.07, 6.45) is 0.947. The fourth-order valence-corrected chi connectivity index (χ4v) is 3.29. The normalized spacial score (nSPS) is 21.3. The van der Waals surface area contributed by atoms with Crippen molar-refractivity contribution in [3.05, 3.63) is 24.3 Å². The number of hydrogen-bond acceptors (Lipinski definition) is 4. The van der Waals surface area contributed by atoms with Crippen LogP contribution in [-0.2, 0) is 9.59 Å². The van der Waals surface area contributed by atoms with Crippen molar-refractivity contribution in [3.8, 4) is 5.75 Å². The first kappa shape index (κ1) is 18.0. The smallest absolute Gasteiger partial charge is 0.325 e. The highest BCUT2D eigenvalue weighted by Gasteiger charge is 2.50. The monoisotopic (exact) mass is 332 g/mol. The second-order valence-electron chi connectivity index (χ2n) is 6.85. The number of urea groups is 1. The largest absolute Gasteiger partial charge is 0.497 e. The molecule has 24 heavy (non-hydrogen) atoms. The zero-order chi connectivity index (χ0) is 17.9. The lowest BCUT2D eigenvalue weighted by Gasteiger charge is -2.51. The molecule has 1 saturated carbocycles. The lowest BCUT2D eigenvalue weighted by molar-refractivity contribution is -0.140. The van der Waals surface area contributed by atoms with Gasteiger partial charge in [0.15, 0.2) is 0 Å². The Morgan fingerprint density at radius 2 is 1.83 bits per heavy atom. The van der Waals surface area contributed by atoms with Crippen LogP contribution in [0.4, 0.5) is 10.5 Å². The molecule has 2 N–H and O–H groups in total. The molecular formula is C18H24N2O4. The molecule has 0 heterocycles. The van der Waals surface area contributed by atoms with Gasteiger partial charge in [-0.25, -0.2) is 4.79 Å². The van der Waals surface area contributed by atoms with Gasteiger partial charge in [-0.3, -0.25) is 14.9 Å². The van der Waals surface area contributed by atoms with Gasteiger partial charge in [-0.1, -0.05) is 13.8 Å². The Bertz CT molecular complexity index is 637. The average molecular weight is 332 g/mol. The van der Waals surface area contributed by atoms with Crippen molar-refractivity contribution in [2.24, 2.45) is 17.3 Å². The van der Waals surface area contributed by atoms with E-state index in [1.165, 1.54) is 0 Å². The van der Waals surface area contributed by atoms with E-state index in [9.17, 15) is 14.4 Å². The van der Waals surface area contributed by atoms with Crippen LogP contribution >= 0.6 is 0 Å². The van der Waals surface area contributed by atoms with E-state index >= 15 is 0 Å². The molecule has 0 aliphatic heterocycles. The van der Waals surface area contributed by atoms with E-state index in [1.807, 2.05) is 13.8 Å². The van der Waals surface area contributed by atoms with Crippen LogP contribution in [-0.4, -0.2) is 24.8 Å². The van der Waals surface area contributed by atoms with Crippen molar-refractivity contribution in [1.82, 2.24) is 5.32 Å². The Kier molecular flexibility index (Phi) is 5.26. The molecule has 3 amide bonds. The number of benzene rings is 1. The van der Waals surface area contributed by atoms with E-state index in [1.54, 1.807) is 38.3 Å². The maximum Gasteiger partial charge on any atom is 0.325 e. The number of Topliss-reactive ketones (excluding diaryl/α,β-unsaturated/α-hetero) is 1. The molecule has 0 bridgehead atoms. The highest BCUT2D eigenvalue weighted by Crippen LogP contribution is 2.53. The number of ether oxygens (including phenoxy) is 1. The van der Waals surface area contributed by atoms with Gasteiger partial charge in [0.25, 0.3) is 0 Å². The molecule has 1 fully saturated rings. The minimum Gasteiger partial charge on any atom is -0.497 e. The Morgan fingerprint density at radius 1 is 1.21 bits per heavy atom. The van der Waals surface area contributed by atoms with Gasteiger partial charge in [-0.2, -0.15) is 0 Å². The summed E-state index contributed by atoms with van der Waals surface area (Å²) in [6, 6.07) is 6.25. The van der Waals surface area contributed by atoms with Crippen LogP contribution < -0.4 is 15.4 Å². The molecule has 130 valence electrons. The van der Waals surface area contributed by atoms with Gasteiger partial charge >= 0.3 is 6.03 Å². The van der Waals surface area contributed by atoms with Gasteiger partial charge in [-0.15, -0.1) is 0 Å². The van der Waals surface area contributed by atoms with Gasteiger partial charge in [0, 0.05) is 18.0 Å². The van der Waals surface area contributed by atoms with Crippen molar-refractivity contribution in [3.63, 3.8) is 0 Å². The predicted octanol–water partition coefficient (Wildman–Crippen LogP) is 2.98. The molecule has 0 unspecified atom stereocenters. The van der Waals surface area contributed by atoms with Crippen LogP contribution in [0.2, 0.25) is 0 Å². The summed E-state index contributed by atoms with van der Waals surface area (Å²) in [5, 5.41) is 4.93. The number of rotatable bonds is 5. The van der Waals surface area contributed by atoms with Crippen molar-refractivity contribution in [1.29, 1.82) is 0 Å². The molecule has 1 aromatic rings. The molecular weight excluding hydrogens is 308 g/mol. The lowest BCUT2D eigenvalue weighted by Crippen LogP contribution is -2.50. The number of anilines is 1. The maximum absolute atomic E-state index is 12.0. The molecule has 2 atom stereocenters. The lowest BCUT2D eigenvalue weighted by atomic mass is 9.52. The molecule has 6 nitrogen and oxygen atoms in total. The Morgan fingerprint density at radius 3 is 2.33 bits per heavy atom. The van der Waals surface area contributed by atoms with Gasteiger partial charge in [0.2, 0.25) is 5.91 Å². The number of imide groups is 1. The molecule has 6 heteroatoms. The number of methoxy groups -OCH3 is 1. The fraction of sp³-hybridized carbons (Fsp3) is 0.500. The summed E-state index contributed by atoms with van der Waals surface area (Å²) in [4.78, 5) is 35.4. The fourth-order valence-electron chi connectivity index (χ4n) is 3.29. The molecule has 0 aromatic heterocycles. The summed E-state index contributed by atoms with van der Waals surface area (Å²) >= 11 is 0. The number of carbonyl (C=O) groups is 3. The third-order valence-corrected chi connectivity index (χ3v) is 4.99. The molecule has 0 radical (unpaired) electrons. The van der Waals surface area contributed by atoms with Crippen molar-refractivity contribution >= 4 is 23.4 Å². The van der Waals surface area contributed by atoms with E-state index in [2.05, 4.69) is 10.6 Å². The highest BCUT2D eigenvalue weighted by molar-refractivity contribution is 6.01. The number of amides is 3. The van der Waals surface area contributed by atoms with Crippen LogP contribution in [0.25, 0.3) is 0 Å². The minimum atomic E-state index is -0.564. The average Bonchev–Trinajstić information content (AvgIpc) is 2.51. The zero-order valence-corrected chi connectivity index (χ0v) is 14.5. The zero-order valence-electron chi connectivity index (χ0n) is 14.5. The summed E-state index contributed by atoms with van der Waals surface area (Å²) in [5.74, 6) is 0.628. The third kappa shape index (κ3) is 3.93. The summed E-state index contributed by atoms with van der Waals surface area (Å²) in [6.45, 7) is 5.58. The quantitative estimate of drug-likeness (QED) is 0.868. The number of carbonyl (C=O) groups excluding carboxylic acids is 3. The first-order valence-electron chi connectivity index (χ1n) is 7.99. The van der Waals surface area contributed by atoms with Crippen LogP contribution in [0.15, 0.2) is 24.3 Å². The highest BCUT2D eigenvalue weighted by atomic mass is 16.5. The first-order valence-corrected chi connectivity index (χ1v) is 7.99. The number of ketones is 1. The van der Waals surface area contributed by atoms with Crippen LogP contribution in [0, 0.1) is 17.3 Å². The molecule has 1 aromatic carbocycles. The third-order valence-electron chi connectivity index (χ3n) is 4.99. The Labute approximate surface area is 142 Å². The van der Waals surface area contributed by atoms with Gasteiger partial charge in [0.05, 0.1) is 7.11 Å². The summed E-state index contributed by atoms with van der Waals surface area (Å²) in [5.41, 5.74) is 0.372. The molecule has 1 aliphatic rings. The van der Waals surface area contributed by atoms with Crippen molar-refractivity contribution in [2.45, 2.75) is 33.6 Å². The number of nitrogens with one attached hydrogen (secondary N) is 2. The van der Waals surface area contributed by atoms with E-state index in [-0.39, 0.29) is 35.4 Å². The standard InChI is InChI=1S/C18H24N2O4/c1-11(21)15-9-12(18(15,2)3)10-16(22)20-17(23)19-13-5-7-14(24-4)8-6-13/h5-8,12,15H,9-10H2,1-4H3,(H2,19,20,22,23)/t12-,15+/m0/s1. The first-order chi connectivity index (χ1) is 11.2. The molecule has 1 aliphatic carbocycles. The molecule has 0 spiro atoms. The summed E-state index contributed by atoms with van der Waals surface area (Å²) < 4.78 is 5.04. The van der Waals surface area contributed by atoms with E-state index in [0.717, 1.165) is 0 Å². The van der Waals surface area contributed by atoms with E-state index < -0.39 is 6.03 Å². The second-order valence-corrected chi connectivity index (χ2v) is 6.85. The van der Waals surface area contributed by atoms with Crippen LogP contribution in [0.3, 0.4) is 0 Å². The van der Waals surface area contributed by atoms with Crippen molar-refractivity contribution in [2.75, 3.05) is 12.4 Å². The van der Waals surface area contributed by atoms with E-state index in [0.29, 0.717) is 17.9 Å². The van der Waals surface area contributed by atoms with Crippen LogP contribution in [0.1, 0.15) is 33.6 Å². The van der Waals surface area contributed by atoms with Gasteiger partial charge in [-0.05, 0) is 48.9 Å². The SMILES string of the molecule is COc1ccc(NC(=O)NC(=O)C[C@@H]2C[C@H](C(C)=O)C2(C)C)cc1. The Hall–Kier alpha value is -2.37. The molecule has 2 rings (SSSR count). The molecule has 0 saturated heterocycles. The number of hydrogen-bond donors (Lipinski definition) is 2. The van der Waals surface area contributed by atoms with Gasteiger partial charge in [0.1, 0.15) is 11.5 Å². The van der Waals surface area contributed by atoms with E-state index in [4.69, 9.17) is 4.74 Å². The van der Waals surface area contributed by atoms with Crippen molar-refractivity contribution < 1.29 is 19.1 Å². The topological polar surface area (TPSA) is 84.5 Å². The van der Waals surface area contributed by atoms with Gasteiger partial charge < -0.3 is 10.1 Å². The minimum absolute atomic E-state index is 0.00317. The second kappa shape index (κ2) is 7.03. The van der Waals surface area contributed by atoms with Crippen LogP contribution in [0.5, 0.6) is 5.75 Å². The predicted molar refractivity (Wildman–Crippen MR) is 90.8 cm³/mol. The maximum atomic E-state index is 12.0.